The van der Waals surface area contributed by atoms with Crippen LogP contribution in [0.4, 0.5) is 0 Å². The van der Waals surface area contributed by atoms with E-state index < -0.39 is 44.2 Å². The van der Waals surface area contributed by atoms with Gasteiger partial charge in [0, 0.05) is 11.5 Å². The van der Waals surface area contributed by atoms with Gasteiger partial charge in [-0.05, 0) is 101 Å². The van der Waals surface area contributed by atoms with E-state index in [0.29, 0.717) is 19.3 Å². The third-order valence-corrected chi connectivity index (χ3v) is 9.30. The van der Waals surface area contributed by atoms with Gasteiger partial charge in [0.2, 0.25) is 5.91 Å². The van der Waals surface area contributed by atoms with Gasteiger partial charge in [0.25, 0.3) is 0 Å². The maximum atomic E-state index is 11.5. The van der Waals surface area contributed by atoms with Crippen LogP contribution in [-0.2, 0) is 43.6 Å². The van der Waals surface area contributed by atoms with Crippen LogP contribution in [0.5, 0.6) is 0 Å². The molecule has 1 amide bonds. The van der Waals surface area contributed by atoms with E-state index in [9.17, 15) is 36.9 Å². The molecule has 0 fully saturated rings. The van der Waals surface area contributed by atoms with Crippen molar-refractivity contribution in [3.8, 4) is 0 Å². The second-order valence-electron chi connectivity index (χ2n) is 14.9. The molecule has 0 aliphatic rings. The van der Waals surface area contributed by atoms with E-state index in [1.807, 2.05) is 62.3 Å². The fraction of sp³-hybridized carbons (Fsp3) is 0.857. The topological polar surface area (TPSA) is 214 Å². The number of esters is 2. The number of nitrogens with one attached hydrogen (secondary N) is 1. The van der Waals surface area contributed by atoms with Crippen LogP contribution in [0, 0.1) is 27.6 Å². The van der Waals surface area contributed by atoms with E-state index in [-0.39, 0.29) is 64.2 Å². The molecule has 1 atom stereocenters. The molecule has 0 aliphatic carbocycles. The fourth-order valence-corrected chi connectivity index (χ4v) is 3.22. The molecule has 0 saturated heterocycles. The Labute approximate surface area is 325 Å². The molecule has 0 bridgehead atoms. The van der Waals surface area contributed by atoms with E-state index >= 15 is 0 Å². The van der Waals surface area contributed by atoms with Crippen LogP contribution in [0.3, 0.4) is 0 Å². The van der Waals surface area contributed by atoms with E-state index in [1.54, 1.807) is 34.6 Å². The molecule has 0 rings (SSSR count). The summed E-state index contributed by atoms with van der Waals surface area (Å²) in [5.41, 5.74) is -2.72. The zero-order valence-corrected chi connectivity index (χ0v) is 37.5. The van der Waals surface area contributed by atoms with Gasteiger partial charge in [-0.25, -0.2) is 8.42 Å². The second-order valence-corrected chi connectivity index (χ2v) is 16.3. The number of aliphatic carboxylic acids is 2. The van der Waals surface area contributed by atoms with Crippen molar-refractivity contribution in [3.63, 3.8) is 0 Å². The summed E-state index contributed by atoms with van der Waals surface area (Å²) in [5, 5.41) is 19.4. The number of amides is 1. The van der Waals surface area contributed by atoms with Crippen molar-refractivity contribution in [1.82, 2.24) is 5.32 Å². The first-order valence-electron chi connectivity index (χ1n) is 16.6. The monoisotopic (exact) mass is 751 g/mol. The Kier molecular flexibility index (Phi) is 32.5. The zero-order valence-electron chi connectivity index (χ0n) is 34.7. The van der Waals surface area contributed by atoms with Crippen molar-refractivity contribution in [3.05, 3.63) is 0 Å². The summed E-state index contributed by atoms with van der Waals surface area (Å²) < 4.78 is 40.8. The van der Waals surface area contributed by atoms with E-state index in [1.165, 1.54) is 28.1 Å². The molecule has 0 spiro atoms. The van der Waals surface area contributed by atoms with Crippen molar-refractivity contribution in [2.45, 2.75) is 148 Å². The van der Waals surface area contributed by atoms with Crippen molar-refractivity contribution in [2.24, 2.45) is 27.6 Å². The van der Waals surface area contributed by atoms with E-state index in [2.05, 4.69) is 14.8 Å². The molecule has 0 aromatic heterocycles. The number of carboxylic acids is 2. The Bertz CT molecular complexity index is 1060. The molecule has 0 aromatic rings. The number of hydrogen-bond acceptors (Lipinski definition) is 10. The van der Waals surface area contributed by atoms with Crippen LogP contribution in [-0.4, -0.2) is 78.5 Å². The number of carbonyl (C=O) groups is 5. The van der Waals surface area contributed by atoms with Gasteiger partial charge < -0.3 is 29.6 Å². The maximum Gasteiger partial charge on any atom is 1.00 e. The van der Waals surface area contributed by atoms with Crippen molar-refractivity contribution >= 4 is 39.9 Å². The minimum absolute atomic E-state index is 0. The van der Waals surface area contributed by atoms with Crippen molar-refractivity contribution in [2.75, 3.05) is 20.0 Å². The Morgan fingerprint density at radius 3 is 1.02 bits per heavy atom. The van der Waals surface area contributed by atoms with E-state index in [0.717, 1.165) is 12.8 Å². The van der Waals surface area contributed by atoms with Crippen LogP contribution < -0.4 is 34.9 Å². The summed E-state index contributed by atoms with van der Waals surface area (Å²) in [6, 6.07) is 0. The minimum atomic E-state index is -4.32. The third-order valence-electron chi connectivity index (χ3n) is 8.23. The number of carbonyl (C=O) groups excluding carboxylic acids is 3. The van der Waals surface area contributed by atoms with Crippen molar-refractivity contribution < 1.29 is 86.2 Å². The molecule has 0 aromatic carbocycles. The molecule has 294 valence electrons. The Balaban J connectivity index is -0.000000124. The normalized spacial score (nSPS) is 12.1. The van der Waals surface area contributed by atoms with Crippen LogP contribution in [0.2, 0.25) is 0 Å². The fourth-order valence-electron chi connectivity index (χ4n) is 2.26. The molecule has 3 N–H and O–H groups in total. The first-order valence-corrected chi connectivity index (χ1v) is 18.1. The minimum Gasteiger partial charge on any atom is -0.748 e. The Morgan fingerprint density at radius 2 is 0.900 bits per heavy atom. The number of carboxylic acid groups (broad SMARTS) is 2. The molecule has 50 heavy (non-hydrogen) atoms. The molecule has 0 aliphatic heterocycles. The van der Waals surface area contributed by atoms with Gasteiger partial charge in [-0.15, -0.1) is 0 Å². The summed E-state index contributed by atoms with van der Waals surface area (Å²) in [6.07, 6.45) is 3.68. The molecule has 0 radical (unpaired) electrons. The van der Waals surface area contributed by atoms with Gasteiger partial charge in [-0.2, -0.15) is 0 Å². The zero-order chi connectivity index (χ0) is 40.8. The average molecular weight is 752 g/mol. The Morgan fingerprint density at radius 1 is 0.640 bits per heavy atom. The summed E-state index contributed by atoms with van der Waals surface area (Å²) in [5.74, 6) is -2.72. The first kappa shape index (κ1) is 60.4. The summed E-state index contributed by atoms with van der Waals surface area (Å²) >= 11 is 0. The van der Waals surface area contributed by atoms with Crippen LogP contribution in [0.15, 0.2) is 0 Å². The molecular weight excluding hydrogens is 681 g/mol. The summed E-state index contributed by atoms with van der Waals surface area (Å²) in [6.45, 7) is 28.7. The number of methoxy groups -OCH3 is 2. The molecule has 15 heteroatoms. The molecule has 0 saturated carbocycles. The van der Waals surface area contributed by atoms with E-state index in [4.69, 9.17) is 10.2 Å². The predicted molar refractivity (Wildman–Crippen MR) is 192 cm³/mol. The standard InChI is InChI=1S/C9H19NO4S.2C7H14O2.2C6H12O2.Na/c1-5-7(2)8(11)10-9(3,4)6-15(12,13)14;2*1-5-7(2,3)6(8)9-4;2*1-4-6(2,3)5(7)8;/h7H,5-6H2,1-4H3,(H,10,11)(H,12,13,14);2*5H2,1-4H3;2*4H2,1-3H3,(H,7,8);/q;;;;;+1/p-1. The van der Waals surface area contributed by atoms with Gasteiger partial charge in [-0.3, -0.25) is 24.0 Å². The average Bonchev–Trinajstić information content (AvgIpc) is 2.99. The first-order chi connectivity index (χ1) is 21.7. The van der Waals surface area contributed by atoms with Gasteiger partial charge in [0.05, 0.1) is 51.8 Å². The Hall–Kier alpha value is -1.74. The predicted octanol–water partition coefficient (Wildman–Crippen LogP) is 3.68. The molecule has 13 nitrogen and oxygen atoms in total. The van der Waals surface area contributed by atoms with Crippen molar-refractivity contribution in [1.29, 1.82) is 0 Å². The summed E-state index contributed by atoms with van der Waals surface area (Å²) in [7, 11) is -1.49. The van der Waals surface area contributed by atoms with Crippen LogP contribution in [0.1, 0.15) is 143 Å². The second kappa shape index (κ2) is 26.9. The quantitative estimate of drug-likeness (QED) is 0.140. The number of rotatable bonds is 13. The molecule has 0 heterocycles. The SMILES string of the molecule is CCC(C)(C)C(=O)O.CCC(C)(C)C(=O)O.CCC(C)(C)C(=O)OC.CCC(C)(C)C(=O)OC.CCC(C)C(=O)NC(C)(C)CS(=O)(=O)[O-].[Na+]. The number of hydrogen-bond donors (Lipinski definition) is 3. The number of ether oxygens (including phenoxy) is 2. The van der Waals surface area contributed by atoms with Gasteiger partial charge in [-0.1, -0.05) is 41.5 Å². The largest absolute Gasteiger partial charge is 1.00 e. The van der Waals surface area contributed by atoms with Crippen LogP contribution >= 0.6 is 0 Å². The van der Waals surface area contributed by atoms with Gasteiger partial charge >= 0.3 is 53.4 Å². The van der Waals surface area contributed by atoms with Gasteiger partial charge in [0.15, 0.2) is 0 Å². The summed E-state index contributed by atoms with van der Waals surface area (Å²) in [4.78, 5) is 53.7. The van der Waals surface area contributed by atoms with Crippen LogP contribution in [0.25, 0.3) is 0 Å². The molecular formula is C35H70NNaO12S. The van der Waals surface area contributed by atoms with Gasteiger partial charge in [0.1, 0.15) is 0 Å². The molecule has 1 unspecified atom stereocenters. The third kappa shape index (κ3) is 31.0. The smallest absolute Gasteiger partial charge is 0.748 e. The maximum absolute atomic E-state index is 11.5.